The number of aromatic nitrogens is 1. The number of nitrogens with zero attached hydrogens (tertiary/aromatic N) is 2. The van der Waals surface area contributed by atoms with Crippen LogP contribution in [0, 0.1) is 10.1 Å². The Morgan fingerprint density at radius 2 is 2.19 bits per heavy atom. The predicted molar refractivity (Wildman–Crippen MR) is 74.5 cm³/mol. The Morgan fingerprint density at radius 3 is 2.86 bits per heavy atom. The number of nitro groups is 1. The van der Waals surface area contributed by atoms with Crippen LogP contribution in [-0.2, 0) is 11.2 Å². The van der Waals surface area contributed by atoms with E-state index in [0.717, 1.165) is 17.4 Å². The number of carbonyl (C=O) groups excluding carboxylic acids is 1. The molecule has 0 radical (unpaired) electrons. The average Bonchev–Trinajstić information content (AvgIpc) is 2.85. The van der Waals surface area contributed by atoms with Gasteiger partial charge in [0.05, 0.1) is 17.0 Å². The van der Waals surface area contributed by atoms with E-state index in [-0.39, 0.29) is 22.8 Å². The van der Waals surface area contributed by atoms with Crippen molar-refractivity contribution in [3.05, 3.63) is 51.0 Å². The van der Waals surface area contributed by atoms with Crippen LogP contribution in [0.3, 0.4) is 0 Å². The fraction of sp³-hybridized carbons (Fsp3) is 0.0833. The maximum Gasteiger partial charge on any atom is 0.309 e. The zero-order valence-electron chi connectivity index (χ0n) is 10.5. The number of thiazole rings is 1. The highest BCUT2D eigenvalue weighted by Gasteiger charge is 2.13. The average molecular weight is 307 g/mol. The zero-order valence-corrected chi connectivity index (χ0v) is 11.3. The number of nitro benzene ring substituents is 1. The summed E-state index contributed by atoms with van der Waals surface area (Å²) in [6.07, 6.45) is -0.233. The molecule has 2 rings (SSSR count). The van der Waals surface area contributed by atoms with E-state index in [1.165, 1.54) is 23.6 Å². The number of hydrogen-bond donors (Lipinski definition) is 2. The summed E-state index contributed by atoms with van der Waals surface area (Å²) in [5.41, 5.74) is 0.273. The number of carboxylic acids is 1. The van der Waals surface area contributed by atoms with Gasteiger partial charge in [-0.05, 0) is 6.07 Å². The Labute approximate surface area is 122 Å². The van der Waals surface area contributed by atoms with Crippen molar-refractivity contribution >= 4 is 34.0 Å². The molecule has 1 aromatic carbocycles. The van der Waals surface area contributed by atoms with Gasteiger partial charge in [-0.25, -0.2) is 4.98 Å². The molecule has 1 aromatic heterocycles. The minimum absolute atomic E-state index is 0.124. The Morgan fingerprint density at radius 1 is 1.43 bits per heavy atom. The molecule has 0 aliphatic heterocycles. The van der Waals surface area contributed by atoms with Gasteiger partial charge in [-0.2, -0.15) is 0 Å². The van der Waals surface area contributed by atoms with Crippen LogP contribution >= 0.6 is 11.3 Å². The number of non-ortho nitro benzene ring substituents is 1. The molecule has 0 aliphatic rings. The molecular formula is C12H9N3O5S. The molecule has 21 heavy (non-hydrogen) atoms. The van der Waals surface area contributed by atoms with E-state index in [2.05, 4.69) is 10.3 Å². The third-order valence-electron chi connectivity index (χ3n) is 2.42. The lowest BCUT2D eigenvalue weighted by Gasteiger charge is -2.01. The van der Waals surface area contributed by atoms with Gasteiger partial charge < -0.3 is 5.11 Å². The first-order chi connectivity index (χ1) is 9.95. The van der Waals surface area contributed by atoms with Gasteiger partial charge in [0.25, 0.3) is 11.6 Å². The Balaban J connectivity index is 2.10. The van der Waals surface area contributed by atoms with Crippen molar-refractivity contribution in [3.8, 4) is 0 Å². The molecule has 9 heteroatoms. The molecule has 0 aliphatic carbocycles. The van der Waals surface area contributed by atoms with Gasteiger partial charge in [0.1, 0.15) is 0 Å². The third-order valence-corrected chi connectivity index (χ3v) is 3.23. The first kappa shape index (κ1) is 14.6. The van der Waals surface area contributed by atoms with Crippen LogP contribution in [0.15, 0.2) is 29.6 Å². The number of nitrogens with one attached hydrogen (secondary N) is 1. The standard InChI is InChI=1S/C12H9N3O5S/c16-10(17)5-8-6-21-12(13-8)14-11(18)7-2-1-3-9(4-7)15(19)20/h1-4,6H,5H2,(H,16,17)(H,13,14,18). The lowest BCUT2D eigenvalue weighted by molar-refractivity contribution is -0.384. The number of benzene rings is 1. The van der Waals surface area contributed by atoms with E-state index >= 15 is 0 Å². The van der Waals surface area contributed by atoms with Crippen LogP contribution in [-0.4, -0.2) is 26.9 Å². The van der Waals surface area contributed by atoms with Gasteiger partial charge in [-0.3, -0.25) is 25.0 Å². The summed E-state index contributed by atoms with van der Waals surface area (Å²) in [6, 6.07) is 5.28. The van der Waals surface area contributed by atoms with E-state index in [1.807, 2.05) is 0 Å². The summed E-state index contributed by atoms with van der Waals surface area (Å²) in [7, 11) is 0. The molecule has 108 valence electrons. The quantitative estimate of drug-likeness (QED) is 0.642. The summed E-state index contributed by atoms with van der Waals surface area (Å²) in [5, 5.41) is 23.5. The fourth-order valence-electron chi connectivity index (χ4n) is 1.53. The number of aliphatic carboxylic acids is 1. The van der Waals surface area contributed by atoms with Crippen molar-refractivity contribution < 1.29 is 19.6 Å². The van der Waals surface area contributed by atoms with Gasteiger partial charge in [-0.1, -0.05) is 6.07 Å². The monoisotopic (exact) mass is 307 g/mol. The number of amides is 1. The van der Waals surface area contributed by atoms with Crippen LogP contribution in [0.5, 0.6) is 0 Å². The molecule has 0 saturated carbocycles. The highest BCUT2D eigenvalue weighted by atomic mass is 32.1. The zero-order chi connectivity index (χ0) is 15.4. The minimum atomic E-state index is -1.02. The maximum atomic E-state index is 11.9. The normalized spacial score (nSPS) is 10.1. The number of carbonyl (C=O) groups is 2. The molecule has 0 spiro atoms. The van der Waals surface area contributed by atoms with Gasteiger partial charge >= 0.3 is 5.97 Å². The number of rotatable bonds is 5. The lowest BCUT2D eigenvalue weighted by atomic mass is 10.2. The van der Waals surface area contributed by atoms with Crippen LogP contribution in [0.4, 0.5) is 10.8 Å². The topological polar surface area (TPSA) is 122 Å². The molecule has 0 saturated heterocycles. The Bertz CT molecular complexity index is 712. The summed E-state index contributed by atoms with van der Waals surface area (Å²) < 4.78 is 0. The second-order valence-corrected chi connectivity index (χ2v) is 4.83. The Kier molecular flexibility index (Phi) is 4.24. The minimum Gasteiger partial charge on any atom is -0.481 e. The second kappa shape index (κ2) is 6.09. The fourth-order valence-corrected chi connectivity index (χ4v) is 2.24. The van der Waals surface area contributed by atoms with Crippen LogP contribution < -0.4 is 5.32 Å². The van der Waals surface area contributed by atoms with Crippen LogP contribution in [0.25, 0.3) is 0 Å². The van der Waals surface area contributed by atoms with Crippen molar-refractivity contribution in [1.29, 1.82) is 0 Å². The number of hydrogen-bond acceptors (Lipinski definition) is 6. The summed E-state index contributed by atoms with van der Waals surface area (Å²) in [6.45, 7) is 0. The highest BCUT2D eigenvalue weighted by Crippen LogP contribution is 2.18. The lowest BCUT2D eigenvalue weighted by Crippen LogP contribution is -2.12. The van der Waals surface area contributed by atoms with Gasteiger partial charge in [-0.15, -0.1) is 11.3 Å². The molecular weight excluding hydrogens is 298 g/mol. The molecule has 0 bridgehead atoms. The van der Waals surface area contributed by atoms with E-state index in [0.29, 0.717) is 5.69 Å². The molecule has 2 N–H and O–H groups in total. The molecule has 1 amide bonds. The largest absolute Gasteiger partial charge is 0.481 e. The van der Waals surface area contributed by atoms with E-state index in [4.69, 9.17) is 5.11 Å². The SMILES string of the molecule is O=C(O)Cc1csc(NC(=O)c2cccc([N+](=O)[O-])c2)n1. The third kappa shape index (κ3) is 3.83. The number of anilines is 1. The van der Waals surface area contributed by atoms with Crippen molar-refractivity contribution in [2.24, 2.45) is 0 Å². The van der Waals surface area contributed by atoms with E-state index in [1.54, 1.807) is 0 Å². The summed E-state index contributed by atoms with van der Waals surface area (Å²) in [5.74, 6) is -1.56. The molecule has 2 aromatic rings. The predicted octanol–water partition coefficient (Wildman–Crippen LogP) is 1.93. The first-order valence-corrected chi connectivity index (χ1v) is 6.55. The van der Waals surface area contributed by atoms with Crippen molar-refractivity contribution in [2.45, 2.75) is 6.42 Å². The maximum absolute atomic E-state index is 11.9. The van der Waals surface area contributed by atoms with Crippen molar-refractivity contribution in [3.63, 3.8) is 0 Å². The summed E-state index contributed by atoms with van der Waals surface area (Å²) in [4.78, 5) is 36.5. The number of carboxylic acid groups (broad SMARTS) is 1. The molecule has 8 nitrogen and oxygen atoms in total. The van der Waals surface area contributed by atoms with Gasteiger partial charge in [0.15, 0.2) is 5.13 Å². The van der Waals surface area contributed by atoms with E-state index < -0.39 is 16.8 Å². The van der Waals surface area contributed by atoms with Gasteiger partial charge in [0.2, 0.25) is 0 Å². The van der Waals surface area contributed by atoms with Crippen LogP contribution in [0.2, 0.25) is 0 Å². The molecule has 0 unspecified atom stereocenters. The Hall–Kier alpha value is -2.81. The van der Waals surface area contributed by atoms with Gasteiger partial charge in [0, 0.05) is 23.1 Å². The highest BCUT2D eigenvalue weighted by molar-refractivity contribution is 7.14. The smallest absolute Gasteiger partial charge is 0.309 e. The molecule has 0 fully saturated rings. The van der Waals surface area contributed by atoms with Crippen LogP contribution in [0.1, 0.15) is 16.1 Å². The second-order valence-electron chi connectivity index (χ2n) is 3.98. The van der Waals surface area contributed by atoms with Crippen molar-refractivity contribution in [1.82, 2.24) is 4.98 Å². The van der Waals surface area contributed by atoms with Crippen molar-refractivity contribution in [2.75, 3.05) is 5.32 Å². The first-order valence-electron chi connectivity index (χ1n) is 5.67. The van der Waals surface area contributed by atoms with E-state index in [9.17, 15) is 19.7 Å². The summed E-state index contributed by atoms with van der Waals surface area (Å²) >= 11 is 1.08. The molecule has 0 atom stereocenters. The molecule has 1 heterocycles.